The fourth-order valence-electron chi connectivity index (χ4n) is 4.16. The highest BCUT2D eigenvalue weighted by Gasteiger charge is 2.41. The molecule has 4 nitrogen and oxygen atoms in total. The van der Waals surface area contributed by atoms with E-state index in [1.807, 2.05) is 41.0 Å². The lowest BCUT2D eigenvalue weighted by Crippen LogP contribution is -2.50. The number of anilines is 1. The zero-order valence-corrected chi connectivity index (χ0v) is 14.4. The zero-order valence-electron chi connectivity index (χ0n) is 14.4. The number of carbonyl (C=O) groups is 1. The highest BCUT2D eigenvalue weighted by molar-refractivity contribution is 5.96. The van der Waals surface area contributed by atoms with Crippen molar-refractivity contribution in [3.8, 4) is 0 Å². The van der Waals surface area contributed by atoms with Crippen LogP contribution >= 0.6 is 0 Å². The number of carbonyl (C=O) groups excluding carboxylic acids is 1. The quantitative estimate of drug-likeness (QED) is 0.842. The van der Waals surface area contributed by atoms with Gasteiger partial charge in [0, 0.05) is 31.4 Å². The number of rotatable bonds is 2. The van der Waals surface area contributed by atoms with Crippen LogP contribution in [0.4, 0.5) is 10.2 Å². The molecule has 2 fully saturated rings. The molecule has 2 atom stereocenters. The van der Waals surface area contributed by atoms with E-state index >= 15 is 0 Å². The van der Waals surface area contributed by atoms with E-state index in [0.29, 0.717) is 18.3 Å². The minimum absolute atomic E-state index is 0.0916. The van der Waals surface area contributed by atoms with E-state index in [9.17, 15) is 9.18 Å². The van der Waals surface area contributed by atoms with Crippen molar-refractivity contribution < 1.29 is 9.18 Å². The summed E-state index contributed by atoms with van der Waals surface area (Å²) in [6.45, 7) is 4.19. The Balaban J connectivity index is 1.57. The van der Waals surface area contributed by atoms with Gasteiger partial charge in [-0.15, -0.1) is 0 Å². The minimum atomic E-state index is -0.296. The number of nitrogens with zero attached hydrogens (tertiary/aromatic N) is 3. The Morgan fingerprint density at radius 2 is 1.96 bits per heavy atom. The summed E-state index contributed by atoms with van der Waals surface area (Å²) < 4.78 is 14.1. The van der Waals surface area contributed by atoms with Crippen molar-refractivity contribution >= 4 is 11.7 Å². The molecule has 0 spiro atoms. The first-order valence-electron chi connectivity index (χ1n) is 8.87. The van der Waals surface area contributed by atoms with Crippen LogP contribution in [0, 0.1) is 18.7 Å². The van der Waals surface area contributed by atoms with Crippen molar-refractivity contribution in [2.24, 2.45) is 5.92 Å². The molecule has 25 heavy (non-hydrogen) atoms. The monoisotopic (exact) mass is 339 g/mol. The maximum atomic E-state index is 14.1. The van der Waals surface area contributed by atoms with Crippen molar-refractivity contribution in [3.63, 3.8) is 0 Å². The first-order chi connectivity index (χ1) is 12.1. The molecule has 130 valence electrons. The average Bonchev–Trinajstić information content (AvgIpc) is 3.05. The van der Waals surface area contributed by atoms with Gasteiger partial charge in [0.15, 0.2) is 11.6 Å². The molecule has 4 rings (SSSR count). The van der Waals surface area contributed by atoms with Crippen molar-refractivity contribution in [2.45, 2.75) is 25.8 Å². The molecule has 2 aromatic rings. The van der Waals surface area contributed by atoms with Crippen molar-refractivity contribution in [1.82, 2.24) is 9.88 Å². The van der Waals surface area contributed by atoms with Crippen molar-refractivity contribution in [1.29, 1.82) is 0 Å². The van der Waals surface area contributed by atoms with E-state index in [4.69, 9.17) is 0 Å². The summed E-state index contributed by atoms with van der Waals surface area (Å²) in [6.07, 6.45) is 3.62. The molecular weight excluding hydrogens is 317 g/mol. The third-order valence-electron chi connectivity index (χ3n) is 5.54. The topological polar surface area (TPSA) is 36.4 Å². The summed E-state index contributed by atoms with van der Waals surface area (Å²) >= 11 is 0. The molecule has 0 aliphatic carbocycles. The highest BCUT2D eigenvalue weighted by Crippen LogP contribution is 2.34. The second-order valence-corrected chi connectivity index (χ2v) is 6.97. The standard InChI is InChI=1S/C20H22FN3O/c1-14-5-2-3-6-16(14)20(25)24-12-9-15-8-11-23(13-18(15)24)19-17(21)7-4-10-22-19/h2-7,10,15,18H,8-9,11-13H2,1H3. The molecule has 2 saturated heterocycles. The van der Waals surface area contributed by atoms with Gasteiger partial charge in [-0.25, -0.2) is 9.37 Å². The number of aryl methyl sites for hydroxylation is 1. The molecule has 0 N–H and O–H groups in total. The lowest BCUT2D eigenvalue weighted by Gasteiger charge is -2.39. The van der Waals surface area contributed by atoms with E-state index in [-0.39, 0.29) is 17.8 Å². The number of fused-ring (bicyclic) bond motifs is 1. The van der Waals surface area contributed by atoms with E-state index in [1.54, 1.807) is 12.3 Å². The normalized spacial score (nSPS) is 22.8. The van der Waals surface area contributed by atoms with Gasteiger partial charge in [0.05, 0.1) is 6.04 Å². The van der Waals surface area contributed by atoms with E-state index < -0.39 is 0 Å². The van der Waals surface area contributed by atoms with Gasteiger partial charge < -0.3 is 9.80 Å². The molecule has 0 radical (unpaired) electrons. The molecule has 2 unspecified atom stereocenters. The van der Waals surface area contributed by atoms with Crippen LogP contribution in [-0.2, 0) is 0 Å². The van der Waals surface area contributed by atoms with Gasteiger partial charge in [-0.1, -0.05) is 18.2 Å². The van der Waals surface area contributed by atoms with Gasteiger partial charge in [-0.05, 0) is 49.4 Å². The number of hydrogen-bond acceptors (Lipinski definition) is 3. The van der Waals surface area contributed by atoms with Gasteiger partial charge in [0.2, 0.25) is 0 Å². The Bertz CT molecular complexity index is 794. The summed E-state index contributed by atoms with van der Waals surface area (Å²) in [5.74, 6) is 0.691. The van der Waals surface area contributed by atoms with Crippen LogP contribution < -0.4 is 4.90 Å². The zero-order chi connectivity index (χ0) is 17.4. The second-order valence-electron chi connectivity index (χ2n) is 6.97. The first-order valence-corrected chi connectivity index (χ1v) is 8.87. The van der Waals surface area contributed by atoms with Crippen LogP contribution in [0.5, 0.6) is 0 Å². The van der Waals surface area contributed by atoms with Crippen LogP contribution in [0.3, 0.4) is 0 Å². The van der Waals surface area contributed by atoms with Crippen LogP contribution in [0.25, 0.3) is 0 Å². The Morgan fingerprint density at radius 1 is 1.16 bits per heavy atom. The van der Waals surface area contributed by atoms with E-state index in [1.165, 1.54) is 6.07 Å². The minimum Gasteiger partial charge on any atom is -0.352 e. The van der Waals surface area contributed by atoms with E-state index in [0.717, 1.165) is 37.1 Å². The molecular formula is C20H22FN3O. The third kappa shape index (κ3) is 2.88. The molecule has 2 aliphatic heterocycles. The van der Waals surface area contributed by atoms with Gasteiger partial charge in [-0.3, -0.25) is 4.79 Å². The largest absolute Gasteiger partial charge is 0.352 e. The fourth-order valence-corrected chi connectivity index (χ4v) is 4.16. The number of aromatic nitrogens is 1. The number of piperidine rings is 1. The van der Waals surface area contributed by atoms with E-state index in [2.05, 4.69) is 4.98 Å². The second kappa shape index (κ2) is 6.47. The molecule has 0 bridgehead atoms. The van der Waals surface area contributed by atoms with Crippen molar-refractivity contribution in [2.75, 3.05) is 24.5 Å². The Morgan fingerprint density at radius 3 is 2.76 bits per heavy atom. The number of likely N-dealkylation sites (tertiary alicyclic amines) is 1. The van der Waals surface area contributed by atoms with Crippen LogP contribution in [0.1, 0.15) is 28.8 Å². The predicted molar refractivity (Wildman–Crippen MR) is 95.1 cm³/mol. The number of hydrogen-bond donors (Lipinski definition) is 0. The number of pyridine rings is 1. The molecule has 1 amide bonds. The Hall–Kier alpha value is -2.43. The van der Waals surface area contributed by atoms with Gasteiger partial charge >= 0.3 is 0 Å². The Labute approximate surface area is 147 Å². The maximum absolute atomic E-state index is 14.1. The molecule has 1 aromatic carbocycles. The number of benzene rings is 1. The molecule has 3 heterocycles. The molecule has 1 aromatic heterocycles. The molecule has 5 heteroatoms. The lowest BCUT2D eigenvalue weighted by atomic mass is 9.92. The predicted octanol–water partition coefficient (Wildman–Crippen LogP) is 3.27. The number of amides is 1. The Kier molecular flexibility index (Phi) is 4.15. The van der Waals surface area contributed by atoms with Gasteiger partial charge in [0.25, 0.3) is 5.91 Å². The average molecular weight is 339 g/mol. The van der Waals surface area contributed by atoms with Gasteiger partial charge in [-0.2, -0.15) is 0 Å². The third-order valence-corrected chi connectivity index (χ3v) is 5.54. The van der Waals surface area contributed by atoms with Crippen LogP contribution in [-0.4, -0.2) is 41.5 Å². The smallest absolute Gasteiger partial charge is 0.254 e. The lowest BCUT2D eigenvalue weighted by molar-refractivity contribution is 0.0711. The summed E-state index contributed by atoms with van der Waals surface area (Å²) in [6, 6.07) is 10.9. The summed E-state index contributed by atoms with van der Waals surface area (Å²) in [7, 11) is 0. The highest BCUT2D eigenvalue weighted by atomic mass is 19.1. The first kappa shape index (κ1) is 16.1. The maximum Gasteiger partial charge on any atom is 0.254 e. The van der Waals surface area contributed by atoms with Crippen LogP contribution in [0.2, 0.25) is 0 Å². The summed E-state index contributed by atoms with van der Waals surface area (Å²) in [5, 5.41) is 0. The molecule has 0 saturated carbocycles. The van der Waals surface area contributed by atoms with Gasteiger partial charge in [0.1, 0.15) is 0 Å². The summed E-state index contributed by atoms with van der Waals surface area (Å²) in [4.78, 5) is 21.2. The summed E-state index contributed by atoms with van der Waals surface area (Å²) in [5.41, 5.74) is 1.77. The fraction of sp³-hybridized carbons (Fsp3) is 0.400. The molecule has 2 aliphatic rings. The van der Waals surface area contributed by atoms with Crippen molar-refractivity contribution in [3.05, 3.63) is 59.5 Å². The number of halogens is 1. The van der Waals surface area contributed by atoms with Crippen LogP contribution in [0.15, 0.2) is 42.6 Å². The SMILES string of the molecule is Cc1ccccc1C(=O)N1CCC2CCN(c3ncccc3F)CC21.